The molecule has 0 aliphatic heterocycles. The van der Waals surface area contributed by atoms with Gasteiger partial charge in [0.25, 0.3) is 5.56 Å². The van der Waals surface area contributed by atoms with Gasteiger partial charge in [0, 0.05) is 5.39 Å². The zero-order chi connectivity index (χ0) is 8.55. The SMILES string of the molecule is O=c1[nH][nH]c(=S)c2ccccc12. The van der Waals surface area contributed by atoms with Crippen molar-refractivity contribution < 1.29 is 0 Å². The van der Waals surface area contributed by atoms with Gasteiger partial charge in [-0.3, -0.25) is 15.0 Å². The third-order valence-corrected chi connectivity index (χ3v) is 2.03. The van der Waals surface area contributed by atoms with E-state index >= 15 is 0 Å². The summed E-state index contributed by atoms with van der Waals surface area (Å²) in [5.74, 6) is 0. The summed E-state index contributed by atoms with van der Waals surface area (Å²) in [4.78, 5) is 11.2. The monoisotopic (exact) mass is 178 g/mol. The smallest absolute Gasteiger partial charge is 0.270 e. The van der Waals surface area contributed by atoms with Gasteiger partial charge in [-0.1, -0.05) is 30.4 Å². The molecule has 0 spiro atoms. The number of rotatable bonds is 0. The van der Waals surface area contributed by atoms with Crippen LogP contribution in [0.15, 0.2) is 29.1 Å². The highest BCUT2D eigenvalue weighted by atomic mass is 32.1. The topological polar surface area (TPSA) is 48.6 Å². The number of H-pyrrole nitrogens is 2. The molecule has 0 atom stereocenters. The van der Waals surface area contributed by atoms with E-state index in [9.17, 15) is 4.79 Å². The maximum absolute atomic E-state index is 11.2. The lowest BCUT2D eigenvalue weighted by Gasteiger charge is -1.94. The van der Waals surface area contributed by atoms with Gasteiger partial charge >= 0.3 is 0 Å². The van der Waals surface area contributed by atoms with Gasteiger partial charge in [-0.05, 0) is 6.07 Å². The van der Waals surface area contributed by atoms with E-state index in [-0.39, 0.29) is 5.56 Å². The second-order valence-electron chi connectivity index (χ2n) is 2.45. The minimum Gasteiger partial charge on any atom is -0.287 e. The Hall–Kier alpha value is -1.42. The van der Waals surface area contributed by atoms with Gasteiger partial charge in [-0.15, -0.1) is 0 Å². The number of hydrogen-bond donors (Lipinski definition) is 2. The van der Waals surface area contributed by atoms with E-state index in [0.717, 1.165) is 5.39 Å². The van der Waals surface area contributed by atoms with Crippen LogP contribution in [0.4, 0.5) is 0 Å². The summed E-state index contributed by atoms with van der Waals surface area (Å²) >= 11 is 4.99. The summed E-state index contributed by atoms with van der Waals surface area (Å²) in [5.41, 5.74) is -0.140. The van der Waals surface area contributed by atoms with Gasteiger partial charge in [-0.25, -0.2) is 0 Å². The fraction of sp³-hybridized carbons (Fsp3) is 0. The average Bonchev–Trinajstić information content (AvgIpc) is 2.12. The molecule has 0 amide bonds. The normalized spacial score (nSPS) is 10.3. The highest BCUT2D eigenvalue weighted by Crippen LogP contribution is 2.07. The molecule has 0 aliphatic rings. The predicted octanol–water partition coefficient (Wildman–Crippen LogP) is 1.59. The van der Waals surface area contributed by atoms with Crippen molar-refractivity contribution in [2.45, 2.75) is 0 Å². The zero-order valence-corrected chi connectivity index (χ0v) is 6.94. The summed E-state index contributed by atoms with van der Waals surface area (Å²) in [5, 5.41) is 6.49. The third kappa shape index (κ3) is 0.967. The summed E-state index contributed by atoms with van der Waals surface area (Å²) in [6.07, 6.45) is 0. The van der Waals surface area contributed by atoms with Crippen molar-refractivity contribution in [1.82, 2.24) is 10.2 Å². The Morgan fingerprint density at radius 2 is 1.75 bits per heavy atom. The zero-order valence-electron chi connectivity index (χ0n) is 6.13. The molecule has 1 aromatic carbocycles. The Morgan fingerprint density at radius 3 is 2.42 bits per heavy atom. The maximum Gasteiger partial charge on any atom is 0.270 e. The van der Waals surface area contributed by atoms with Crippen LogP contribution < -0.4 is 5.56 Å². The van der Waals surface area contributed by atoms with Crippen molar-refractivity contribution in [3.63, 3.8) is 0 Å². The summed E-state index contributed by atoms with van der Waals surface area (Å²) in [6.45, 7) is 0. The van der Waals surface area contributed by atoms with Crippen LogP contribution in [0.3, 0.4) is 0 Å². The van der Waals surface area contributed by atoms with E-state index in [1.54, 1.807) is 6.07 Å². The van der Waals surface area contributed by atoms with E-state index < -0.39 is 0 Å². The number of aromatic nitrogens is 2. The van der Waals surface area contributed by atoms with Crippen molar-refractivity contribution >= 4 is 23.0 Å². The van der Waals surface area contributed by atoms with Gasteiger partial charge in [0.15, 0.2) is 0 Å². The lowest BCUT2D eigenvalue weighted by molar-refractivity contribution is 0.999. The molecule has 2 rings (SSSR count). The van der Waals surface area contributed by atoms with Gasteiger partial charge in [0.1, 0.15) is 4.64 Å². The largest absolute Gasteiger partial charge is 0.287 e. The molecular weight excluding hydrogens is 172 g/mol. The van der Waals surface area contributed by atoms with Crippen LogP contribution in [-0.2, 0) is 0 Å². The molecule has 2 N–H and O–H groups in total. The van der Waals surface area contributed by atoms with E-state index in [2.05, 4.69) is 10.2 Å². The molecule has 12 heavy (non-hydrogen) atoms. The Balaban J connectivity index is 3.16. The molecule has 0 fully saturated rings. The summed E-state index contributed by atoms with van der Waals surface area (Å²) < 4.78 is 0.560. The minimum atomic E-state index is -0.140. The Morgan fingerprint density at radius 1 is 1.08 bits per heavy atom. The first kappa shape index (κ1) is 7.24. The van der Waals surface area contributed by atoms with Crippen LogP contribution in [0.25, 0.3) is 10.8 Å². The molecule has 4 heteroatoms. The Labute approximate surface area is 73.0 Å². The molecule has 3 nitrogen and oxygen atoms in total. The van der Waals surface area contributed by atoms with Crippen molar-refractivity contribution in [3.8, 4) is 0 Å². The molecular formula is C8H6N2OS. The lowest BCUT2D eigenvalue weighted by atomic mass is 10.2. The first-order chi connectivity index (χ1) is 5.79. The van der Waals surface area contributed by atoms with Crippen molar-refractivity contribution in [2.24, 2.45) is 0 Å². The number of aromatic amines is 2. The molecule has 60 valence electrons. The quantitative estimate of drug-likeness (QED) is 0.602. The maximum atomic E-state index is 11.2. The average molecular weight is 178 g/mol. The van der Waals surface area contributed by atoms with E-state index in [4.69, 9.17) is 12.2 Å². The third-order valence-electron chi connectivity index (χ3n) is 1.71. The number of hydrogen-bond acceptors (Lipinski definition) is 2. The fourth-order valence-corrected chi connectivity index (χ4v) is 1.36. The first-order valence-corrected chi connectivity index (χ1v) is 3.89. The van der Waals surface area contributed by atoms with Crippen LogP contribution in [-0.4, -0.2) is 10.2 Å². The van der Waals surface area contributed by atoms with Gasteiger partial charge in [-0.2, -0.15) is 0 Å². The number of fused-ring (bicyclic) bond motifs is 1. The van der Waals surface area contributed by atoms with Crippen LogP contribution in [0, 0.1) is 4.64 Å². The van der Waals surface area contributed by atoms with Crippen LogP contribution >= 0.6 is 12.2 Å². The fourth-order valence-electron chi connectivity index (χ4n) is 1.13. The van der Waals surface area contributed by atoms with E-state index in [0.29, 0.717) is 10.0 Å². The van der Waals surface area contributed by atoms with Crippen molar-refractivity contribution in [3.05, 3.63) is 39.3 Å². The summed E-state index contributed by atoms with van der Waals surface area (Å²) in [7, 11) is 0. The predicted molar refractivity (Wildman–Crippen MR) is 49.8 cm³/mol. The second kappa shape index (κ2) is 2.57. The van der Waals surface area contributed by atoms with Gasteiger partial charge in [0.2, 0.25) is 0 Å². The van der Waals surface area contributed by atoms with Crippen LogP contribution in [0.5, 0.6) is 0 Å². The number of nitrogens with one attached hydrogen (secondary N) is 2. The van der Waals surface area contributed by atoms with Crippen molar-refractivity contribution in [1.29, 1.82) is 0 Å². The number of benzene rings is 1. The van der Waals surface area contributed by atoms with Gasteiger partial charge < -0.3 is 0 Å². The Kier molecular flexibility index (Phi) is 1.55. The molecule has 0 unspecified atom stereocenters. The lowest BCUT2D eigenvalue weighted by Crippen LogP contribution is -2.07. The highest BCUT2D eigenvalue weighted by molar-refractivity contribution is 7.71. The summed E-state index contributed by atoms with van der Waals surface area (Å²) in [6, 6.07) is 7.24. The molecule has 0 radical (unpaired) electrons. The van der Waals surface area contributed by atoms with E-state index in [1.807, 2.05) is 18.2 Å². The van der Waals surface area contributed by atoms with E-state index in [1.165, 1.54) is 0 Å². The molecule has 1 aromatic heterocycles. The molecule has 1 heterocycles. The Bertz CT molecular complexity index is 478. The molecule has 0 aliphatic carbocycles. The second-order valence-corrected chi connectivity index (χ2v) is 2.86. The van der Waals surface area contributed by atoms with Crippen LogP contribution in [0.2, 0.25) is 0 Å². The molecule has 0 saturated heterocycles. The first-order valence-electron chi connectivity index (χ1n) is 3.49. The van der Waals surface area contributed by atoms with Gasteiger partial charge in [0.05, 0.1) is 5.39 Å². The minimum absolute atomic E-state index is 0.140. The molecule has 0 bridgehead atoms. The molecule has 2 aromatic rings. The van der Waals surface area contributed by atoms with Crippen LogP contribution in [0.1, 0.15) is 0 Å². The molecule has 0 saturated carbocycles. The highest BCUT2D eigenvalue weighted by Gasteiger charge is 1.96. The standard InChI is InChI=1S/C8H6N2OS/c11-7-5-3-1-2-4-6(5)8(12)10-9-7/h1-4H,(H,9,11)(H,10,12). The van der Waals surface area contributed by atoms with Crippen molar-refractivity contribution in [2.75, 3.05) is 0 Å².